The van der Waals surface area contributed by atoms with E-state index in [1.54, 1.807) is 12.1 Å². The molecular weight excluding hydrogens is 927 g/mol. The highest BCUT2D eigenvalue weighted by Crippen LogP contribution is 2.63. The largest absolute Gasteiger partial charge is 0.493 e. The summed E-state index contributed by atoms with van der Waals surface area (Å²) in [5.41, 5.74) is 2.29. The molecular formula is C61H62F6O5. The first-order valence-electron chi connectivity index (χ1n) is 26.0. The van der Waals surface area contributed by atoms with Crippen LogP contribution in [0, 0.1) is 35.0 Å². The summed E-state index contributed by atoms with van der Waals surface area (Å²) < 4.78 is 104. The van der Waals surface area contributed by atoms with Crippen molar-refractivity contribution in [1.82, 2.24) is 0 Å². The lowest BCUT2D eigenvalue weighted by molar-refractivity contribution is -0.289. The Morgan fingerprint density at radius 3 is 1.72 bits per heavy atom. The van der Waals surface area contributed by atoms with Crippen molar-refractivity contribution in [2.75, 3.05) is 6.61 Å². The van der Waals surface area contributed by atoms with Crippen LogP contribution in [0.1, 0.15) is 125 Å². The van der Waals surface area contributed by atoms with Crippen LogP contribution >= 0.6 is 0 Å². The second kappa shape index (κ2) is 19.0. The quantitative estimate of drug-likeness (QED) is 0.0549. The lowest BCUT2D eigenvalue weighted by atomic mass is 9.48. The zero-order valence-corrected chi connectivity index (χ0v) is 40.8. The van der Waals surface area contributed by atoms with Gasteiger partial charge in [-0.3, -0.25) is 4.79 Å². The molecule has 0 N–H and O–H groups in total. The van der Waals surface area contributed by atoms with Gasteiger partial charge in [-0.25, -0.2) is 0 Å². The van der Waals surface area contributed by atoms with Crippen molar-refractivity contribution >= 4 is 27.5 Å². The normalized spacial score (nSPS) is 26.8. The van der Waals surface area contributed by atoms with Gasteiger partial charge in [-0.1, -0.05) is 80.6 Å². The number of alkyl halides is 6. The van der Waals surface area contributed by atoms with Gasteiger partial charge in [0.1, 0.15) is 41.3 Å². The minimum atomic E-state index is -5.48. The summed E-state index contributed by atoms with van der Waals surface area (Å²) in [4.78, 5) is 14.2. The van der Waals surface area contributed by atoms with E-state index in [0.717, 1.165) is 89.7 Å². The van der Waals surface area contributed by atoms with Gasteiger partial charge >= 0.3 is 18.3 Å². The molecule has 0 amide bonds. The van der Waals surface area contributed by atoms with Gasteiger partial charge in [0.2, 0.25) is 0 Å². The van der Waals surface area contributed by atoms with Gasteiger partial charge in [-0.15, -0.1) is 0 Å². The van der Waals surface area contributed by atoms with E-state index in [2.05, 4.69) is 86.6 Å². The third kappa shape index (κ3) is 10.1. The predicted octanol–water partition coefficient (Wildman–Crippen LogP) is 16.8. The highest BCUT2D eigenvalue weighted by atomic mass is 19.4. The molecule has 6 aromatic rings. The van der Waals surface area contributed by atoms with Crippen LogP contribution in [0.25, 0.3) is 21.5 Å². The van der Waals surface area contributed by atoms with Gasteiger partial charge < -0.3 is 18.9 Å². The molecule has 0 aliphatic heterocycles. The van der Waals surface area contributed by atoms with Crippen LogP contribution < -0.4 is 14.2 Å². The van der Waals surface area contributed by atoms with E-state index in [9.17, 15) is 31.1 Å². The second-order valence-corrected chi connectivity index (χ2v) is 22.6. The number of esters is 1. The zero-order valence-electron chi connectivity index (χ0n) is 40.8. The van der Waals surface area contributed by atoms with Gasteiger partial charge in [0.25, 0.3) is 0 Å². The van der Waals surface area contributed by atoms with E-state index in [1.807, 2.05) is 30.3 Å². The molecule has 0 heterocycles. The Morgan fingerprint density at radius 1 is 0.583 bits per heavy atom. The minimum Gasteiger partial charge on any atom is -0.493 e. The first-order chi connectivity index (χ1) is 34.4. The first kappa shape index (κ1) is 48.6. The monoisotopic (exact) mass is 988 g/mol. The van der Waals surface area contributed by atoms with Crippen LogP contribution in [0.2, 0.25) is 0 Å². The number of carbonyl (C=O) groups excluding carboxylic acids is 1. The maximum absolute atomic E-state index is 14.2. The molecule has 378 valence electrons. The maximum Gasteiger partial charge on any atom is 0.403 e. The van der Waals surface area contributed by atoms with Gasteiger partial charge in [0.15, 0.2) is 5.92 Å². The Balaban J connectivity index is 0.795. The number of ether oxygens (including phenoxy) is 4. The molecule has 6 saturated carbocycles. The van der Waals surface area contributed by atoms with Crippen LogP contribution in [0.15, 0.2) is 127 Å². The predicted molar refractivity (Wildman–Crippen MR) is 267 cm³/mol. The van der Waals surface area contributed by atoms with Crippen molar-refractivity contribution in [3.8, 4) is 23.0 Å². The lowest BCUT2D eigenvalue weighted by Crippen LogP contribution is -2.61. The molecule has 72 heavy (non-hydrogen) atoms. The van der Waals surface area contributed by atoms with E-state index in [-0.39, 0.29) is 35.6 Å². The molecule has 5 nitrogen and oxygen atoms in total. The molecule has 6 bridgehead atoms. The van der Waals surface area contributed by atoms with Crippen molar-refractivity contribution in [1.29, 1.82) is 0 Å². The van der Waals surface area contributed by atoms with Gasteiger partial charge in [-0.05, 0) is 211 Å². The number of benzene rings is 6. The molecule has 6 aromatic carbocycles. The molecule has 11 heteroatoms. The topological polar surface area (TPSA) is 54.0 Å². The molecule has 8 unspecified atom stereocenters. The van der Waals surface area contributed by atoms with E-state index in [0.29, 0.717) is 36.5 Å². The molecule has 0 radical (unpaired) electrons. The van der Waals surface area contributed by atoms with Crippen molar-refractivity contribution in [2.45, 2.75) is 133 Å². The molecule has 6 aliphatic carbocycles. The number of rotatable bonds is 16. The number of hydrogen-bond donors (Lipinski definition) is 0. The summed E-state index contributed by atoms with van der Waals surface area (Å²) in [6.45, 7) is 2.75. The molecule has 6 aliphatic rings. The van der Waals surface area contributed by atoms with Crippen LogP contribution in [0.3, 0.4) is 0 Å². The standard InChI is InChI=1S/C61H62F6O5/c1-37(42-9-16-51(17-10-42)69-35-56(60(62,63)64)61(65,66)67)23-49(24-38(2)43-11-18-52(19-12-43)70-54-22-15-47-28-45-5-3-4-6-46(45)29-50(47)30-54)44-13-20-53(21-14-44)72-59-33-40-25-41(34-59)32-58(31-40,36-59)57(68)71-55-27-39-7-8-48(55)26-39/h3-6,9-22,28-30,37-41,48-49,55-56H,7-8,23-27,31-36H2,1-2H3. The second-order valence-electron chi connectivity index (χ2n) is 22.6. The van der Waals surface area contributed by atoms with E-state index >= 15 is 0 Å². The van der Waals surface area contributed by atoms with Crippen LogP contribution in [-0.2, 0) is 9.53 Å². The Kier molecular flexibility index (Phi) is 12.8. The average Bonchev–Trinajstić information content (AvgIpc) is 3.96. The first-order valence-corrected chi connectivity index (χ1v) is 26.0. The van der Waals surface area contributed by atoms with Gasteiger partial charge in [0.05, 0.1) is 5.41 Å². The van der Waals surface area contributed by atoms with Crippen molar-refractivity contribution in [3.05, 3.63) is 144 Å². The average molecular weight is 989 g/mol. The molecule has 0 saturated heterocycles. The third-order valence-electron chi connectivity index (χ3n) is 17.4. The zero-order chi connectivity index (χ0) is 50.0. The van der Waals surface area contributed by atoms with Crippen LogP contribution in [0.5, 0.6) is 23.0 Å². The van der Waals surface area contributed by atoms with Gasteiger partial charge in [0, 0.05) is 6.42 Å². The summed E-state index contributed by atoms with van der Waals surface area (Å²) in [5.74, 6) is 0.945. The van der Waals surface area contributed by atoms with E-state index < -0.39 is 35.9 Å². The van der Waals surface area contributed by atoms with Crippen molar-refractivity contribution in [3.63, 3.8) is 0 Å². The summed E-state index contributed by atoms with van der Waals surface area (Å²) in [5, 5.41) is 4.61. The Hall–Kier alpha value is -5.71. The molecule has 6 fully saturated rings. The summed E-state index contributed by atoms with van der Waals surface area (Å²) in [6.07, 6.45) is 0.822. The van der Waals surface area contributed by atoms with Crippen molar-refractivity contribution < 1.29 is 50.1 Å². The maximum atomic E-state index is 14.2. The Labute approximate surface area is 417 Å². The Bertz CT molecular complexity index is 2870. The SMILES string of the molecule is CC(CC(CC(C)c1ccc(Oc2ccc3cc4ccccc4cc3c2)cc1)c1ccc(OC23CC4CC(C2)CC(C(=O)OC2CC5CCC2C5)(C4)C3)cc1)c1ccc(OCC(C(F)(F)F)C(F)(F)F)cc1. The van der Waals surface area contributed by atoms with E-state index in [4.69, 9.17) is 18.9 Å². The number of hydrogen-bond acceptors (Lipinski definition) is 5. The lowest BCUT2D eigenvalue weighted by Gasteiger charge is -2.60. The molecule has 0 aromatic heterocycles. The fraction of sp³-hybridized carbons (Fsp3) is 0.459. The summed E-state index contributed by atoms with van der Waals surface area (Å²) >= 11 is 0. The number of carbonyl (C=O) groups is 1. The smallest absolute Gasteiger partial charge is 0.403 e. The van der Waals surface area contributed by atoms with Gasteiger partial charge in [-0.2, -0.15) is 26.3 Å². The minimum absolute atomic E-state index is 0.0169. The van der Waals surface area contributed by atoms with Crippen LogP contribution in [-0.4, -0.2) is 36.6 Å². The van der Waals surface area contributed by atoms with E-state index in [1.165, 1.54) is 42.2 Å². The summed E-state index contributed by atoms with van der Waals surface area (Å²) in [6, 6.07) is 41.8. The highest BCUT2D eigenvalue weighted by Gasteiger charge is 2.63. The molecule has 12 rings (SSSR count). The third-order valence-corrected chi connectivity index (χ3v) is 17.4. The number of halogens is 6. The van der Waals surface area contributed by atoms with Crippen molar-refractivity contribution in [2.24, 2.45) is 35.0 Å². The fourth-order valence-corrected chi connectivity index (χ4v) is 14.1. The number of fused-ring (bicyclic) bond motifs is 4. The molecule has 8 atom stereocenters. The molecule has 0 spiro atoms. The van der Waals surface area contributed by atoms with Crippen LogP contribution in [0.4, 0.5) is 26.3 Å². The summed E-state index contributed by atoms with van der Waals surface area (Å²) in [7, 11) is 0. The highest BCUT2D eigenvalue weighted by molar-refractivity contribution is 5.98. The Morgan fingerprint density at radius 2 is 1.14 bits per heavy atom. The fourth-order valence-electron chi connectivity index (χ4n) is 14.1.